The molecule has 0 aliphatic carbocycles. The fourth-order valence-electron chi connectivity index (χ4n) is 1.22. The van der Waals surface area contributed by atoms with Gasteiger partial charge in [-0.1, -0.05) is 17.7 Å². The van der Waals surface area contributed by atoms with Gasteiger partial charge in [0.25, 0.3) is 0 Å². The number of carboxylic acid groups (broad SMARTS) is 1. The smallest absolute Gasteiger partial charge is 0.303 e. The number of halogens is 1. The predicted octanol–water partition coefficient (Wildman–Crippen LogP) is 2.76. The van der Waals surface area contributed by atoms with Gasteiger partial charge in [0.1, 0.15) is 5.75 Å². The molecule has 0 heterocycles. The molecule has 0 aromatic heterocycles. The second-order valence-corrected chi connectivity index (χ2v) is 3.50. The molecule has 0 radical (unpaired) electrons. The molecule has 15 heavy (non-hydrogen) atoms. The fourth-order valence-corrected chi connectivity index (χ4v) is 1.39. The third-order valence-electron chi connectivity index (χ3n) is 1.92. The van der Waals surface area contributed by atoms with Crippen molar-refractivity contribution in [3.63, 3.8) is 0 Å². The van der Waals surface area contributed by atoms with Gasteiger partial charge in [0, 0.05) is 6.42 Å². The van der Waals surface area contributed by atoms with Crippen molar-refractivity contribution in [1.82, 2.24) is 0 Å². The van der Waals surface area contributed by atoms with Crippen molar-refractivity contribution < 1.29 is 14.6 Å². The van der Waals surface area contributed by atoms with Gasteiger partial charge in [-0.3, -0.25) is 4.79 Å². The standard InChI is InChI=1S/C11H13ClO3/c1-2-15-10-7-8(3-5-9(10)12)4-6-11(13)14/h3,5,7H,2,4,6H2,1H3,(H,13,14). The molecule has 0 aliphatic rings. The Morgan fingerprint density at radius 3 is 2.87 bits per heavy atom. The van der Waals surface area contributed by atoms with Crippen LogP contribution < -0.4 is 4.74 Å². The van der Waals surface area contributed by atoms with Crippen molar-refractivity contribution in [2.75, 3.05) is 6.61 Å². The van der Waals surface area contributed by atoms with Gasteiger partial charge in [-0.2, -0.15) is 0 Å². The lowest BCUT2D eigenvalue weighted by atomic mass is 10.1. The van der Waals surface area contributed by atoms with E-state index >= 15 is 0 Å². The number of hydrogen-bond donors (Lipinski definition) is 1. The Labute approximate surface area is 93.6 Å². The summed E-state index contributed by atoms with van der Waals surface area (Å²) in [5.41, 5.74) is 0.922. The van der Waals surface area contributed by atoms with Gasteiger partial charge in [-0.15, -0.1) is 0 Å². The van der Waals surface area contributed by atoms with E-state index in [1.807, 2.05) is 13.0 Å². The molecule has 82 valence electrons. The highest BCUT2D eigenvalue weighted by atomic mass is 35.5. The number of benzene rings is 1. The summed E-state index contributed by atoms with van der Waals surface area (Å²) in [4.78, 5) is 10.4. The van der Waals surface area contributed by atoms with Gasteiger partial charge in [0.2, 0.25) is 0 Å². The molecular formula is C11H13ClO3. The molecule has 3 nitrogen and oxygen atoms in total. The summed E-state index contributed by atoms with van der Waals surface area (Å²) in [5, 5.41) is 9.10. The first-order valence-corrected chi connectivity index (χ1v) is 5.14. The maximum atomic E-state index is 10.4. The second-order valence-electron chi connectivity index (χ2n) is 3.09. The van der Waals surface area contributed by atoms with E-state index in [9.17, 15) is 4.79 Å². The number of hydrogen-bond acceptors (Lipinski definition) is 2. The molecule has 0 fully saturated rings. The van der Waals surface area contributed by atoms with Gasteiger partial charge in [-0.25, -0.2) is 0 Å². The van der Waals surface area contributed by atoms with Crippen LogP contribution in [0.25, 0.3) is 0 Å². The van der Waals surface area contributed by atoms with E-state index in [0.29, 0.717) is 23.8 Å². The van der Waals surface area contributed by atoms with Crippen LogP contribution in [-0.2, 0) is 11.2 Å². The minimum atomic E-state index is -0.803. The molecule has 4 heteroatoms. The Hall–Kier alpha value is -1.22. The highest BCUT2D eigenvalue weighted by Gasteiger charge is 2.04. The molecule has 0 amide bonds. The quantitative estimate of drug-likeness (QED) is 0.843. The largest absolute Gasteiger partial charge is 0.492 e. The zero-order chi connectivity index (χ0) is 11.3. The van der Waals surface area contributed by atoms with Gasteiger partial charge in [0.15, 0.2) is 0 Å². The molecule has 0 bridgehead atoms. The number of aliphatic carboxylic acids is 1. The number of aryl methyl sites for hydroxylation is 1. The Morgan fingerprint density at radius 2 is 2.27 bits per heavy atom. The van der Waals surface area contributed by atoms with Crippen LogP contribution in [0.2, 0.25) is 5.02 Å². The Morgan fingerprint density at radius 1 is 1.53 bits per heavy atom. The lowest BCUT2D eigenvalue weighted by molar-refractivity contribution is -0.136. The average Bonchev–Trinajstić information content (AvgIpc) is 2.19. The van der Waals surface area contributed by atoms with Crippen LogP contribution in [0, 0.1) is 0 Å². The van der Waals surface area contributed by atoms with Crippen LogP contribution in [0.1, 0.15) is 18.9 Å². The van der Waals surface area contributed by atoms with E-state index in [-0.39, 0.29) is 6.42 Å². The van der Waals surface area contributed by atoms with Crippen molar-refractivity contribution in [3.8, 4) is 5.75 Å². The van der Waals surface area contributed by atoms with E-state index < -0.39 is 5.97 Å². The SMILES string of the molecule is CCOc1cc(CCC(=O)O)ccc1Cl. The Kier molecular flexibility index (Phi) is 4.43. The number of carboxylic acids is 1. The Bertz CT molecular complexity index is 350. The zero-order valence-electron chi connectivity index (χ0n) is 8.50. The molecule has 1 aromatic carbocycles. The van der Waals surface area contributed by atoms with Gasteiger partial charge in [-0.05, 0) is 31.0 Å². The van der Waals surface area contributed by atoms with E-state index in [1.54, 1.807) is 12.1 Å². The van der Waals surface area contributed by atoms with Crippen molar-refractivity contribution in [1.29, 1.82) is 0 Å². The van der Waals surface area contributed by atoms with Crippen LogP contribution in [0.4, 0.5) is 0 Å². The third kappa shape index (κ3) is 3.80. The summed E-state index contributed by atoms with van der Waals surface area (Å²) in [6.07, 6.45) is 0.611. The summed E-state index contributed by atoms with van der Waals surface area (Å²) in [5.74, 6) is -0.190. The maximum absolute atomic E-state index is 10.4. The first kappa shape index (κ1) is 11.9. The van der Waals surface area contributed by atoms with Crippen molar-refractivity contribution in [2.24, 2.45) is 0 Å². The fraction of sp³-hybridized carbons (Fsp3) is 0.364. The highest BCUT2D eigenvalue weighted by molar-refractivity contribution is 6.32. The highest BCUT2D eigenvalue weighted by Crippen LogP contribution is 2.25. The van der Waals surface area contributed by atoms with Gasteiger partial charge in [0.05, 0.1) is 11.6 Å². The predicted molar refractivity (Wildman–Crippen MR) is 58.6 cm³/mol. The molecule has 1 rings (SSSR count). The van der Waals surface area contributed by atoms with Crippen LogP contribution in [0.3, 0.4) is 0 Å². The van der Waals surface area contributed by atoms with Gasteiger partial charge >= 0.3 is 5.97 Å². The van der Waals surface area contributed by atoms with Crippen LogP contribution in [-0.4, -0.2) is 17.7 Å². The van der Waals surface area contributed by atoms with E-state index in [1.165, 1.54) is 0 Å². The third-order valence-corrected chi connectivity index (χ3v) is 2.24. The first-order chi connectivity index (χ1) is 7.13. The molecule has 0 spiro atoms. The van der Waals surface area contributed by atoms with Gasteiger partial charge < -0.3 is 9.84 Å². The molecule has 1 aromatic rings. The summed E-state index contributed by atoms with van der Waals surface area (Å²) in [6.45, 7) is 2.42. The average molecular weight is 229 g/mol. The summed E-state index contributed by atoms with van der Waals surface area (Å²) >= 11 is 5.90. The molecule has 1 N–H and O–H groups in total. The van der Waals surface area contributed by atoms with Crippen LogP contribution >= 0.6 is 11.6 Å². The number of rotatable bonds is 5. The van der Waals surface area contributed by atoms with Crippen molar-refractivity contribution in [2.45, 2.75) is 19.8 Å². The summed E-state index contributed by atoms with van der Waals surface area (Å²) < 4.78 is 5.30. The summed E-state index contributed by atoms with van der Waals surface area (Å²) in [6, 6.07) is 5.33. The molecule has 0 aliphatic heterocycles. The zero-order valence-corrected chi connectivity index (χ0v) is 9.25. The molecule has 0 unspecified atom stereocenters. The van der Waals surface area contributed by atoms with E-state index in [2.05, 4.69) is 0 Å². The van der Waals surface area contributed by atoms with E-state index in [4.69, 9.17) is 21.4 Å². The van der Waals surface area contributed by atoms with Crippen molar-refractivity contribution in [3.05, 3.63) is 28.8 Å². The molecule has 0 saturated carbocycles. The molecule has 0 saturated heterocycles. The second kappa shape index (κ2) is 5.61. The number of carbonyl (C=O) groups is 1. The molecular weight excluding hydrogens is 216 g/mol. The number of ether oxygens (including phenoxy) is 1. The molecule has 0 atom stereocenters. The monoisotopic (exact) mass is 228 g/mol. The van der Waals surface area contributed by atoms with Crippen molar-refractivity contribution >= 4 is 17.6 Å². The van der Waals surface area contributed by atoms with Crippen LogP contribution in [0.5, 0.6) is 5.75 Å². The lowest BCUT2D eigenvalue weighted by Crippen LogP contribution is -1.98. The minimum Gasteiger partial charge on any atom is -0.492 e. The first-order valence-electron chi connectivity index (χ1n) is 4.76. The van der Waals surface area contributed by atoms with Crippen LogP contribution in [0.15, 0.2) is 18.2 Å². The summed E-state index contributed by atoms with van der Waals surface area (Å²) in [7, 11) is 0. The van der Waals surface area contributed by atoms with E-state index in [0.717, 1.165) is 5.56 Å². The topological polar surface area (TPSA) is 46.5 Å². The minimum absolute atomic E-state index is 0.118. The maximum Gasteiger partial charge on any atom is 0.303 e. The Balaban J connectivity index is 2.73. The normalized spacial score (nSPS) is 10.0. The lowest BCUT2D eigenvalue weighted by Gasteiger charge is -2.07.